The lowest BCUT2D eigenvalue weighted by Crippen LogP contribution is -2.43. The summed E-state index contributed by atoms with van der Waals surface area (Å²) in [6.07, 6.45) is 8.05. The number of anilines is 1. The zero-order chi connectivity index (χ0) is 21.2. The number of amidine groups is 1. The van der Waals surface area contributed by atoms with Gasteiger partial charge in [0.05, 0.1) is 22.9 Å². The Morgan fingerprint density at radius 1 is 1.14 bits per heavy atom. The van der Waals surface area contributed by atoms with Crippen LogP contribution >= 0.6 is 0 Å². The lowest BCUT2D eigenvalue weighted by Gasteiger charge is -2.33. The Bertz CT molecular complexity index is 1040. The first kappa shape index (κ1) is 20.1. The minimum atomic E-state index is -0.680. The minimum Gasteiger partial charge on any atom is -0.386 e. The third kappa shape index (κ3) is 3.98. The largest absolute Gasteiger partial charge is 0.386 e. The van der Waals surface area contributed by atoms with Crippen molar-refractivity contribution in [2.45, 2.75) is 26.2 Å². The Kier molecular flexibility index (Phi) is 5.40. The quantitative estimate of drug-likeness (QED) is 0.500. The van der Waals surface area contributed by atoms with Crippen LogP contribution in [0.5, 0.6) is 0 Å². The van der Waals surface area contributed by atoms with Gasteiger partial charge in [-0.2, -0.15) is 10.1 Å². The lowest BCUT2D eigenvalue weighted by molar-refractivity contribution is 0.100. The second kappa shape index (κ2) is 7.78. The van der Waals surface area contributed by atoms with E-state index in [9.17, 15) is 4.79 Å². The summed E-state index contributed by atoms with van der Waals surface area (Å²) in [5.41, 5.74) is 13.9. The summed E-state index contributed by atoms with van der Waals surface area (Å²) >= 11 is 0. The fourth-order valence-electron chi connectivity index (χ4n) is 2.94. The molecule has 0 saturated carbocycles. The smallest absolute Gasteiger partial charge is 0.281 e. The van der Waals surface area contributed by atoms with E-state index < -0.39 is 11.3 Å². The maximum atomic E-state index is 12.5. The SMILES string of the molecule is CC(C)C(C)(C(N)=NC(=O)c1cnn(C)c1)c1ccc(-c2cnc(N)nc2)nc1. The molecule has 0 fully saturated rings. The first-order valence-electron chi connectivity index (χ1n) is 9.14. The molecule has 4 N–H and O–H groups in total. The molecule has 0 aliphatic heterocycles. The number of rotatable bonds is 5. The number of hydrogen-bond donors (Lipinski definition) is 2. The molecular formula is C20H24N8O. The number of nitrogen functional groups attached to an aromatic ring is 1. The van der Waals surface area contributed by atoms with Crippen molar-refractivity contribution >= 4 is 17.7 Å². The van der Waals surface area contributed by atoms with Crippen LogP contribution in [0, 0.1) is 5.92 Å². The fraction of sp³-hybridized carbons (Fsp3) is 0.300. The molecule has 9 heteroatoms. The van der Waals surface area contributed by atoms with Crippen molar-refractivity contribution in [2.75, 3.05) is 5.73 Å². The third-order valence-electron chi connectivity index (χ3n) is 5.19. The predicted octanol–water partition coefficient (Wildman–Crippen LogP) is 1.97. The van der Waals surface area contributed by atoms with Crippen LogP contribution in [-0.2, 0) is 12.5 Å². The molecule has 9 nitrogen and oxygen atoms in total. The number of amides is 1. The summed E-state index contributed by atoms with van der Waals surface area (Å²) in [5.74, 6) is 0.0817. The topological polar surface area (TPSA) is 138 Å². The summed E-state index contributed by atoms with van der Waals surface area (Å²) in [4.78, 5) is 29.1. The Morgan fingerprint density at radius 3 is 2.34 bits per heavy atom. The van der Waals surface area contributed by atoms with Crippen molar-refractivity contribution in [3.05, 3.63) is 54.2 Å². The fourth-order valence-corrected chi connectivity index (χ4v) is 2.94. The molecule has 0 bridgehead atoms. The van der Waals surface area contributed by atoms with E-state index in [1.54, 1.807) is 36.5 Å². The molecule has 150 valence electrons. The minimum absolute atomic E-state index is 0.0699. The van der Waals surface area contributed by atoms with Gasteiger partial charge in [0.2, 0.25) is 5.95 Å². The van der Waals surface area contributed by atoms with Gasteiger partial charge in [0.15, 0.2) is 0 Å². The number of carbonyl (C=O) groups excluding carboxylic acids is 1. The summed E-state index contributed by atoms with van der Waals surface area (Å²) in [5, 5.41) is 4.00. The Balaban J connectivity index is 1.94. The summed E-state index contributed by atoms with van der Waals surface area (Å²) < 4.78 is 1.55. The van der Waals surface area contributed by atoms with E-state index in [0.29, 0.717) is 11.3 Å². The van der Waals surface area contributed by atoms with Crippen LogP contribution in [0.2, 0.25) is 0 Å². The average molecular weight is 392 g/mol. The molecule has 0 spiro atoms. The van der Waals surface area contributed by atoms with E-state index >= 15 is 0 Å². The molecule has 0 aromatic carbocycles. The molecular weight excluding hydrogens is 368 g/mol. The summed E-state index contributed by atoms with van der Waals surface area (Å²) in [6, 6.07) is 3.79. The van der Waals surface area contributed by atoms with E-state index in [1.807, 2.05) is 32.9 Å². The maximum Gasteiger partial charge on any atom is 0.281 e. The molecule has 0 aliphatic carbocycles. The van der Waals surface area contributed by atoms with Gasteiger partial charge >= 0.3 is 0 Å². The van der Waals surface area contributed by atoms with Gasteiger partial charge in [-0.05, 0) is 24.5 Å². The van der Waals surface area contributed by atoms with Gasteiger partial charge in [0, 0.05) is 37.4 Å². The standard InChI is InChI=1S/C20H24N8O/c1-12(2)20(3,18(21)27-17(29)14-9-26-28(4)11-14)15-5-6-16(23-10-15)13-7-24-19(22)25-8-13/h5-12H,1-4H3,(H2,21,27,29)(H2,22,24,25). The van der Waals surface area contributed by atoms with Crippen molar-refractivity contribution in [1.29, 1.82) is 0 Å². The van der Waals surface area contributed by atoms with Crippen LogP contribution in [0.3, 0.4) is 0 Å². The van der Waals surface area contributed by atoms with Gasteiger partial charge in [-0.25, -0.2) is 9.97 Å². The summed E-state index contributed by atoms with van der Waals surface area (Å²) in [7, 11) is 1.74. The van der Waals surface area contributed by atoms with Crippen molar-refractivity contribution < 1.29 is 4.79 Å². The van der Waals surface area contributed by atoms with Gasteiger partial charge in [-0.3, -0.25) is 14.5 Å². The molecule has 3 rings (SSSR count). The number of carbonyl (C=O) groups is 1. The molecule has 29 heavy (non-hydrogen) atoms. The second-order valence-corrected chi connectivity index (χ2v) is 7.32. The van der Waals surface area contributed by atoms with Crippen LogP contribution in [0.15, 0.2) is 48.1 Å². The first-order valence-corrected chi connectivity index (χ1v) is 9.14. The number of aromatic nitrogens is 5. The molecule has 0 aliphatic rings. The van der Waals surface area contributed by atoms with Gasteiger partial charge < -0.3 is 11.5 Å². The van der Waals surface area contributed by atoms with Crippen molar-refractivity contribution in [1.82, 2.24) is 24.7 Å². The van der Waals surface area contributed by atoms with Crippen LogP contribution in [-0.4, -0.2) is 36.5 Å². The Morgan fingerprint density at radius 2 is 1.83 bits per heavy atom. The molecule has 0 radical (unpaired) electrons. The highest BCUT2D eigenvalue weighted by atomic mass is 16.1. The number of nitrogens with two attached hydrogens (primary N) is 2. The Hall–Kier alpha value is -3.62. The van der Waals surface area contributed by atoms with Gasteiger partial charge in [0.1, 0.15) is 5.84 Å². The van der Waals surface area contributed by atoms with E-state index in [1.165, 1.54) is 6.20 Å². The highest BCUT2D eigenvalue weighted by Gasteiger charge is 2.36. The molecule has 1 unspecified atom stereocenters. The highest BCUT2D eigenvalue weighted by molar-refractivity contribution is 6.05. The van der Waals surface area contributed by atoms with Crippen LogP contribution < -0.4 is 11.5 Å². The van der Waals surface area contributed by atoms with Crippen LogP contribution in [0.4, 0.5) is 5.95 Å². The average Bonchev–Trinajstić information content (AvgIpc) is 3.14. The molecule has 3 aromatic heterocycles. The highest BCUT2D eigenvalue weighted by Crippen LogP contribution is 2.33. The molecule has 1 atom stereocenters. The number of aryl methyl sites for hydroxylation is 1. The number of pyridine rings is 1. The van der Waals surface area contributed by atoms with Crippen molar-refractivity contribution in [3.8, 4) is 11.3 Å². The zero-order valence-corrected chi connectivity index (χ0v) is 16.9. The first-order chi connectivity index (χ1) is 13.7. The van der Waals surface area contributed by atoms with Gasteiger partial charge in [-0.1, -0.05) is 19.9 Å². The van der Waals surface area contributed by atoms with Crippen LogP contribution in [0.25, 0.3) is 11.3 Å². The van der Waals surface area contributed by atoms with E-state index in [-0.39, 0.29) is 17.7 Å². The van der Waals surface area contributed by atoms with Gasteiger partial charge in [-0.15, -0.1) is 0 Å². The van der Waals surface area contributed by atoms with Gasteiger partial charge in [0.25, 0.3) is 5.91 Å². The van der Waals surface area contributed by atoms with Crippen molar-refractivity contribution in [3.63, 3.8) is 0 Å². The Labute approximate surface area is 168 Å². The van der Waals surface area contributed by atoms with E-state index in [0.717, 1.165) is 11.1 Å². The monoisotopic (exact) mass is 392 g/mol. The zero-order valence-electron chi connectivity index (χ0n) is 16.9. The van der Waals surface area contributed by atoms with Crippen LogP contribution in [0.1, 0.15) is 36.7 Å². The molecule has 1 amide bonds. The maximum absolute atomic E-state index is 12.5. The predicted molar refractivity (Wildman–Crippen MR) is 111 cm³/mol. The number of nitrogens with zero attached hydrogens (tertiary/aromatic N) is 6. The molecule has 0 saturated heterocycles. The normalized spacial score (nSPS) is 14.0. The van der Waals surface area contributed by atoms with E-state index in [4.69, 9.17) is 11.5 Å². The van der Waals surface area contributed by atoms with Crippen molar-refractivity contribution in [2.24, 2.45) is 23.7 Å². The summed E-state index contributed by atoms with van der Waals surface area (Å²) in [6.45, 7) is 6.01. The number of aliphatic imine (C=N–C) groups is 1. The molecule has 3 aromatic rings. The second-order valence-electron chi connectivity index (χ2n) is 7.32. The third-order valence-corrected chi connectivity index (χ3v) is 5.19. The molecule has 3 heterocycles. The van der Waals surface area contributed by atoms with E-state index in [2.05, 4.69) is 25.0 Å². The lowest BCUT2D eigenvalue weighted by atomic mass is 9.73. The number of hydrogen-bond acceptors (Lipinski definition) is 6.